The minimum atomic E-state index is 0.0451. The van der Waals surface area contributed by atoms with Crippen LogP contribution in [0.15, 0.2) is 30.3 Å². The van der Waals surface area contributed by atoms with E-state index < -0.39 is 0 Å². The Balaban J connectivity index is 1.93. The Kier molecular flexibility index (Phi) is 3.36. The van der Waals surface area contributed by atoms with Gasteiger partial charge in [0.15, 0.2) is 0 Å². The molecule has 1 aliphatic carbocycles. The first-order valence-corrected chi connectivity index (χ1v) is 5.47. The van der Waals surface area contributed by atoms with Crippen LogP contribution in [0.4, 0.5) is 0 Å². The molecule has 15 heavy (non-hydrogen) atoms. The lowest BCUT2D eigenvalue weighted by molar-refractivity contribution is 0.198. The number of hydrogen-bond acceptors (Lipinski definition) is 3. The van der Waals surface area contributed by atoms with E-state index in [9.17, 15) is 5.11 Å². The predicted octanol–water partition coefficient (Wildman–Crippen LogP) is 0.799. The number of rotatable bonds is 4. The summed E-state index contributed by atoms with van der Waals surface area (Å²) in [5.74, 6) is 0. The summed E-state index contributed by atoms with van der Waals surface area (Å²) in [7, 11) is 0. The quantitative estimate of drug-likeness (QED) is 0.683. The Bertz CT molecular complexity index is 296. The van der Waals surface area contributed by atoms with Crippen LogP contribution >= 0.6 is 0 Å². The lowest BCUT2D eigenvalue weighted by Gasteiger charge is -2.36. The number of aliphatic hydroxyl groups is 1. The van der Waals surface area contributed by atoms with Gasteiger partial charge in [0.25, 0.3) is 0 Å². The normalized spacial score (nSPS) is 27.1. The molecular weight excluding hydrogens is 188 g/mol. The lowest BCUT2D eigenvalue weighted by atomic mass is 9.86. The molecule has 3 heteroatoms. The van der Waals surface area contributed by atoms with E-state index in [0.29, 0.717) is 12.1 Å². The first-order valence-electron chi connectivity index (χ1n) is 5.47. The van der Waals surface area contributed by atoms with E-state index in [1.165, 1.54) is 0 Å². The Morgan fingerprint density at radius 3 is 2.53 bits per heavy atom. The molecule has 4 N–H and O–H groups in total. The van der Waals surface area contributed by atoms with E-state index >= 15 is 0 Å². The Labute approximate surface area is 90.3 Å². The Morgan fingerprint density at radius 2 is 2.00 bits per heavy atom. The minimum absolute atomic E-state index is 0.0451. The third-order valence-electron chi connectivity index (χ3n) is 3.00. The van der Waals surface area contributed by atoms with Crippen molar-refractivity contribution in [3.63, 3.8) is 0 Å². The zero-order valence-corrected chi connectivity index (χ0v) is 8.76. The molecule has 3 nitrogen and oxygen atoms in total. The second-order valence-corrected chi connectivity index (χ2v) is 4.24. The van der Waals surface area contributed by atoms with E-state index in [2.05, 4.69) is 5.32 Å². The van der Waals surface area contributed by atoms with Crippen molar-refractivity contribution in [2.45, 2.75) is 31.0 Å². The van der Waals surface area contributed by atoms with Crippen LogP contribution in [0.25, 0.3) is 0 Å². The van der Waals surface area contributed by atoms with Gasteiger partial charge in [-0.2, -0.15) is 0 Å². The number of nitrogens with one attached hydrogen (secondary N) is 1. The van der Waals surface area contributed by atoms with Gasteiger partial charge in [0.05, 0.1) is 12.6 Å². The van der Waals surface area contributed by atoms with Crippen molar-refractivity contribution >= 4 is 0 Å². The van der Waals surface area contributed by atoms with E-state index in [1.54, 1.807) is 0 Å². The van der Waals surface area contributed by atoms with E-state index in [0.717, 1.165) is 18.4 Å². The van der Waals surface area contributed by atoms with Crippen LogP contribution in [0, 0.1) is 0 Å². The largest absolute Gasteiger partial charge is 0.394 e. The fourth-order valence-electron chi connectivity index (χ4n) is 2.02. The van der Waals surface area contributed by atoms with Crippen LogP contribution in [-0.2, 0) is 0 Å². The molecular formula is C12H18N2O. The van der Waals surface area contributed by atoms with Gasteiger partial charge in [0, 0.05) is 12.1 Å². The van der Waals surface area contributed by atoms with Gasteiger partial charge in [-0.15, -0.1) is 0 Å². The molecule has 2 rings (SSSR count). The van der Waals surface area contributed by atoms with Gasteiger partial charge in [0.2, 0.25) is 0 Å². The molecule has 0 bridgehead atoms. The van der Waals surface area contributed by atoms with Gasteiger partial charge >= 0.3 is 0 Å². The number of nitrogens with two attached hydrogens (primary N) is 1. The molecule has 1 atom stereocenters. The minimum Gasteiger partial charge on any atom is -0.394 e. The molecule has 1 aromatic rings. The van der Waals surface area contributed by atoms with Crippen LogP contribution < -0.4 is 11.1 Å². The van der Waals surface area contributed by atoms with Crippen LogP contribution in [0.1, 0.15) is 24.4 Å². The Morgan fingerprint density at radius 1 is 1.33 bits per heavy atom. The maximum atomic E-state index is 9.32. The molecule has 0 aliphatic heterocycles. The van der Waals surface area contributed by atoms with Gasteiger partial charge in [-0.25, -0.2) is 0 Å². The van der Waals surface area contributed by atoms with Crippen LogP contribution in [0.3, 0.4) is 0 Å². The zero-order valence-electron chi connectivity index (χ0n) is 8.76. The number of benzene rings is 1. The fourth-order valence-corrected chi connectivity index (χ4v) is 2.02. The molecule has 0 radical (unpaired) electrons. The lowest BCUT2D eigenvalue weighted by Crippen LogP contribution is -2.50. The average Bonchev–Trinajstić information content (AvgIpc) is 2.24. The third kappa shape index (κ3) is 2.56. The van der Waals surface area contributed by atoms with Gasteiger partial charge < -0.3 is 16.2 Å². The summed E-state index contributed by atoms with van der Waals surface area (Å²) in [5, 5.41) is 12.7. The van der Waals surface area contributed by atoms with Gasteiger partial charge in [-0.05, 0) is 18.4 Å². The second kappa shape index (κ2) is 4.75. The van der Waals surface area contributed by atoms with Crippen molar-refractivity contribution < 1.29 is 5.11 Å². The van der Waals surface area contributed by atoms with Crippen LogP contribution in [0.5, 0.6) is 0 Å². The SMILES string of the molecule is NC1CC(N[C@@H](CO)c2ccccc2)C1. The molecule has 1 saturated carbocycles. The molecule has 1 aromatic carbocycles. The van der Waals surface area contributed by atoms with Crippen molar-refractivity contribution in [3.05, 3.63) is 35.9 Å². The summed E-state index contributed by atoms with van der Waals surface area (Å²) in [6.45, 7) is 0.135. The summed E-state index contributed by atoms with van der Waals surface area (Å²) < 4.78 is 0. The highest BCUT2D eigenvalue weighted by molar-refractivity contribution is 5.19. The molecule has 0 heterocycles. The van der Waals surface area contributed by atoms with Gasteiger partial charge in [0.1, 0.15) is 0 Å². The van der Waals surface area contributed by atoms with Gasteiger partial charge in [-0.1, -0.05) is 30.3 Å². The summed E-state index contributed by atoms with van der Waals surface area (Å²) in [6.07, 6.45) is 2.03. The van der Waals surface area contributed by atoms with E-state index in [-0.39, 0.29) is 12.6 Å². The van der Waals surface area contributed by atoms with Crippen molar-refractivity contribution in [3.8, 4) is 0 Å². The molecule has 82 valence electrons. The summed E-state index contributed by atoms with van der Waals surface area (Å²) >= 11 is 0. The maximum Gasteiger partial charge on any atom is 0.0626 e. The standard InChI is InChI=1S/C12H18N2O/c13-10-6-11(7-10)14-12(8-15)9-4-2-1-3-5-9/h1-5,10-12,14-15H,6-8,13H2/t10?,11?,12-/m0/s1. The first kappa shape index (κ1) is 10.6. The molecule has 0 unspecified atom stereocenters. The Hall–Kier alpha value is -0.900. The van der Waals surface area contributed by atoms with E-state index in [4.69, 9.17) is 5.73 Å². The summed E-state index contributed by atoms with van der Waals surface area (Å²) in [4.78, 5) is 0. The molecule has 0 amide bonds. The number of hydrogen-bond donors (Lipinski definition) is 3. The van der Waals surface area contributed by atoms with Crippen LogP contribution in [0.2, 0.25) is 0 Å². The summed E-state index contributed by atoms with van der Waals surface area (Å²) in [5.41, 5.74) is 6.86. The van der Waals surface area contributed by atoms with Crippen molar-refractivity contribution in [2.24, 2.45) is 5.73 Å². The average molecular weight is 206 g/mol. The van der Waals surface area contributed by atoms with Gasteiger partial charge in [-0.3, -0.25) is 0 Å². The molecule has 0 saturated heterocycles. The first-order chi connectivity index (χ1) is 7.29. The topological polar surface area (TPSA) is 58.3 Å². The fraction of sp³-hybridized carbons (Fsp3) is 0.500. The molecule has 0 spiro atoms. The maximum absolute atomic E-state index is 9.32. The van der Waals surface area contributed by atoms with Crippen molar-refractivity contribution in [1.29, 1.82) is 0 Å². The monoisotopic (exact) mass is 206 g/mol. The van der Waals surface area contributed by atoms with Crippen LogP contribution in [-0.4, -0.2) is 23.8 Å². The molecule has 1 aliphatic rings. The van der Waals surface area contributed by atoms with Crippen molar-refractivity contribution in [1.82, 2.24) is 5.32 Å². The second-order valence-electron chi connectivity index (χ2n) is 4.24. The smallest absolute Gasteiger partial charge is 0.0626 e. The van der Waals surface area contributed by atoms with E-state index in [1.807, 2.05) is 30.3 Å². The summed E-state index contributed by atoms with van der Waals surface area (Å²) in [6, 6.07) is 10.9. The van der Waals surface area contributed by atoms with Crippen molar-refractivity contribution in [2.75, 3.05) is 6.61 Å². The molecule has 1 fully saturated rings. The molecule has 0 aromatic heterocycles. The predicted molar refractivity (Wildman–Crippen MR) is 60.4 cm³/mol. The third-order valence-corrected chi connectivity index (χ3v) is 3.00. The highest BCUT2D eigenvalue weighted by Crippen LogP contribution is 2.22. The zero-order chi connectivity index (χ0) is 10.7. The highest BCUT2D eigenvalue weighted by Gasteiger charge is 2.27. The highest BCUT2D eigenvalue weighted by atomic mass is 16.3. The number of aliphatic hydroxyl groups excluding tert-OH is 1.